The van der Waals surface area contributed by atoms with Crippen LogP contribution in [0.25, 0.3) is 0 Å². The Labute approximate surface area is 111 Å². The molecule has 1 rings (SSSR count). The number of hydrogen-bond donors (Lipinski definition) is 1. The number of nitro benzene ring substituents is 1. The predicted molar refractivity (Wildman–Crippen MR) is 70.6 cm³/mol. The summed E-state index contributed by atoms with van der Waals surface area (Å²) in [6.07, 6.45) is 0.834. The lowest BCUT2D eigenvalue weighted by atomic mass is 10.2. The van der Waals surface area contributed by atoms with E-state index in [0.29, 0.717) is 13.2 Å². The third-order valence-electron chi connectivity index (χ3n) is 2.72. The van der Waals surface area contributed by atoms with Gasteiger partial charge >= 0.3 is 5.97 Å². The number of carbonyl (C=O) groups excluding carboxylic acids is 1. The summed E-state index contributed by atoms with van der Waals surface area (Å²) in [5, 5.41) is 13.8. The summed E-state index contributed by atoms with van der Waals surface area (Å²) in [4.78, 5) is 20.8. The monoisotopic (exact) mass is 266 g/mol. The quantitative estimate of drug-likeness (QED) is 0.464. The molecule has 1 N–H and O–H groups in total. The van der Waals surface area contributed by atoms with Crippen molar-refractivity contribution in [1.29, 1.82) is 0 Å². The minimum Gasteiger partial charge on any atom is -0.464 e. The van der Waals surface area contributed by atoms with Crippen molar-refractivity contribution in [2.75, 3.05) is 6.61 Å². The average molecular weight is 266 g/mol. The molecule has 0 aliphatic carbocycles. The molecule has 0 saturated carbocycles. The summed E-state index contributed by atoms with van der Waals surface area (Å²) in [6.45, 7) is 4.29. The molecule has 6 heteroatoms. The van der Waals surface area contributed by atoms with Crippen molar-refractivity contribution in [3.63, 3.8) is 0 Å². The van der Waals surface area contributed by atoms with E-state index in [9.17, 15) is 14.9 Å². The largest absolute Gasteiger partial charge is 0.464 e. The van der Waals surface area contributed by atoms with Crippen LogP contribution in [0.2, 0.25) is 0 Å². The summed E-state index contributed by atoms with van der Waals surface area (Å²) in [5.74, 6) is -0.296. The Balaban J connectivity index is 2.45. The van der Waals surface area contributed by atoms with Gasteiger partial charge in [-0.25, -0.2) is 0 Å². The molecule has 0 heterocycles. The Morgan fingerprint density at radius 1 is 1.42 bits per heavy atom. The molecule has 0 aliphatic heterocycles. The number of non-ortho nitro benzene ring substituents is 1. The zero-order valence-corrected chi connectivity index (χ0v) is 11.1. The molecule has 0 aromatic heterocycles. The molecule has 19 heavy (non-hydrogen) atoms. The maximum Gasteiger partial charge on any atom is 0.302 e. The van der Waals surface area contributed by atoms with Crippen LogP contribution < -0.4 is 5.32 Å². The molecule has 1 aromatic carbocycles. The predicted octanol–water partition coefficient (Wildman–Crippen LogP) is 2.03. The zero-order chi connectivity index (χ0) is 14.3. The maximum atomic E-state index is 10.7. The molecule has 0 amide bonds. The number of carbonyl (C=O) groups is 1. The standard InChI is InChI=1S/C13H18N2O4/c1-3-12(9-19-10(2)16)14-8-11-4-6-13(7-5-11)15(17)18/h4-7,12,14H,3,8-9H2,1-2H3. The molecule has 0 spiro atoms. The molecule has 1 unspecified atom stereocenters. The Morgan fingerprint density at radius 2 is 2.05 bits per heavy atom. The van der Waals surface area contributed by atoms with E-state index in [-0.39, 0.29) is 17.7 Å². The fraction of sp³-hybridized carbons (Fsp3) is 0.462. The second-order valence-corrected chi connectivity index (χ2v) is 4.21. The first-order valence-electron chi connectivity index (χ1n) is 6.13. The van der Waals surface area contributed by atoms with Gasteiger partial charge in [-0.15, -0.1) is 0 Å². The molecule has 0 radical (unpaired) electrons. The van der Waals surface area contributed by atoms with Gasteiger partial charge in [-0.1, -0.05) is 19.1 Å². The Bertz CT molecular complexity index is 431. The molecule has 1 aromatic rings. The Kier molecular flexibility index (Phi) is 5.95. The summed E-state index contributed by atoms with van der Waals surface area (Å²) in [5.41, 5.74) is 1.03. The van der Waals surface area contributed by atoms with Gasteiger partial charge in [-0.3, -0.25) is 14.9 Å². The summed E-state index contributed by atoms with van der Waals surface area (Å²) >= 11 is 0. The molecule has 0 fully saturated rings. The maximum absolute atomic E-state index is 10.7. The van der Waals surface area contributed by atoms with Gasteiger partial charge in [-0.2, -0.15) is 0 Å². The summed E-state index contributed by atoms with van der Waals surface area (Å²) in [6, 6.07) is 6.46. The second kappa shape index (κ2) is 7.48. The number of rotatable bonds is 7. The second-order valence-electron chi connectivity index (χ2n) is 4.21. The minimum atomic E-state index is -0.424. The number of nitrogens with zero attached hydrogens (tertiary/aromatic N) is 1. The SMILES string of the molecule is CCC(COC(C)=O)NCc1ccc([N+](=O)[O-])cc1. The zero-order valence-electron chi connectivity index (χ0n) is 11.1. The number of ether oxygens (including phenoxy) is 1. The van der Waals surface area contributed by atoms with Gasteiger partial charge in [0, 0.05) is 31.6 Å². The van der Waals surface area contributed by atoms with E-state index in [1.165, 1.54) is 19.1 Å². The normalized spacial score (nSPS) is 11.9. The fourth-order valence-corrected chi connectivity index (χ4v) is 1.54. The lowest BCUT2D eigenvalue weighted by molar-refractivity contribution is -0.384. The summed E-state index contributed by atoms with van der Waals surface area (Å²) in [7, 11) is 0. The first-order valence-corrected chi connectivity index (χ1v) is 6.13. The van der Waals surface area contributed by atoms with Gasteiger partial charge in [0.25, 0.3) is 5.69 Å². The first-order chi connectivity index (χ1) is 9.02. The van der Waals surface area contributed by atoms with Gasteiger partial charge in [0.15, 0.2) is 0 Å². The highest BCUT2D eigenvalue weighted by Gasteiger charge is 2.08. The van der Waals surface area contributed by atoms with Crippen molar-refractivity contribution in [3.05, 3.63) is 39.9 Å². The Morgan fingerprint density at radius 3 is 2.53 bits per heavy atom. The van der Waals surface area contributed by atoms with Gasteiger partial charge in [-0.05, 0) is 12.0 Å². The van der Waals surface area contributed by atoms with Gasteiger partial charge < -0.3 is 10.1 Å². The number of benzene rings is 1. The highest BCUT2D eigenvalue weighted by molar-refractivity contribution is 5.65. The fourth-order valence-electron chi connectivity index (χ4n) is 1.54. The van der Waals surface area contributed by atoms with Crippen LogP contribution >= 0.6 is 0 Å². The Hall–Kier alpha value is -1.95. The molecular formula is C13H18N2O4. The van der Waals surface area contributed by atoms with E-state index >= 15 is 0 Å². The summed E-state index contributed by atoms with van der Waals surface area (Å²) < 4.78 is 4.94. The van der Waals surface area contributed by atoms with E-state index in [2.05, 4.69) is 5.32 Å². The first kappa shape index (κ1) is 15.1. The molecule has 0 bridgehead atoms. The number of esters is 1. The molecule has 1 atom stereocenters. The number of nitrogens with one attached hydrogen (secondary N) is 1. The highest BCUT2D eigenvalue weighted by atomic mass is 16.6. The van der Waals surface area contributed by atoms with Crippen LogP contribution in [0.1, 0.15) is 25.8 Å². The van der Waals surface area contributed by atoms with Crippen molar-refractivity contribution in [2.45, 2.75) is 32.9 Å². The van der Waals surface area contributed by atoms with E-state index < -0.39 is 4.92 Å². The molecule has 6 nitrogen and oxygen atoms in total. The van der Waals surface area contributed by atoms with Crippen LogP contribution in [0.4, 0.5) is 5.69 Å². The number of nitro groups is 1. The van der Waals surface area contributed by atoms with Crippen molar-refractivity contribution in [3.8, 4) is 0 Å². The smallest absolute Gasteiger partial charge is 0.302 e. The van der Waals surface area contributed by atoms with Crippen LogP contribution in [-0.2, 0) is 16.1 Å². The lowest BCUT2D eigenvalue weighted by Gasteiger charge is -2.16. The van der Waals surface area contributed by atoms with Crippen molar-refractivity contribution in [1.82, 2.24) is 5.32 Å². The molecule has 0 saturated heterocycles. The lowest BCUT2D eigenvalue weighted by Crippen LogP contribution is -2.33. The molecular weight excluding hydrogens is 248 g/mol. The van der Waals surface area contributed by atoms with Crippen molar-refractivity contribution in [2.24, 2.45) is 0 Å². The van der Waals surface area contributed by atoms with Crippen LogP contribution in [0, 0.1) is 10.1 Å². The van der Waals surface area contributed by atoms with Crippen molar-refractivity contribution >= 4 is 11.7 Å². The molecule has 0 aliphatic rings. The van der Waals surface area contributed by atoms with Gasteiger partial charge in [0.2, 0.25) is 0 Å². The van der Waals surface area contributed by atoms with Crippen LogP contribution in [-0.4, -0.2) is 23.5 Å². The third kappa shape index (κ3) is 5.48. The molecule has 104 valence electrons. The van der Waals surface area contributed by atoms with Gasteiger partial charge in [0.05, 0.1) is 4.92 Å². The number of hydrogen-bond acceptors (Lipinski definition) is 5. The van der Waals surface area contributed by atoms with Gasteiger partial charge in [0.1, 0.15) is 6.61 Å². The van der Waals surface area contributed by atoms with E-state index in [1.807, 2.05) is 6.92 Å². The van der Waals surface area contributed by atoms with E-state index in [0.717, 1.165) is 12.0 Å². The highest BCUT2D eigenvalue weighted by Crippen LogP contribution is 2.11. The van der Waals surface area contributed by atoms with Crippen LogP contribution in [0.3, 0.4) is 0 Å². The van der Waals surface area contributed by atoms with E-state index in [4.69, 9.17) is 4.74 Å². The van der Waals surface area contributed by atoms with Crippen molar-refractivity contribution < 1.29 is 14.5 Å². The van der Waals surface area contributed by atoms with Crippen LogP contribution in [0.5, 0.6) is 0 Å². The minimum absolute atomic E-state index is 0.0794. The van der Waals surface area contributed by atoms with E-state index in [1.54, 1.807) is 12.1 Å². The topological polar surface area (TPSA) is 81.5 Å². The average Bonchev–Trinajstić information content (AvgIpc) is 2.39. The third-order valence-corrected chi connectivity index (χ3v) is 2.72. The van der Waals surface area contributed by atoms with Crippen LogP contribution in [0.15, 0.2) is 24.3 Å².